The third kappa shape index (κ3) is 7.00. The first kappa shape index (κ1) is 22.0. The van der Waals surface area contributed by atoms with Gasteiger partial charge >= 0.3 is 6.09 Å². The van der Waals surface area contributed by atoms with E-state index < -0.39 is 5.60 Å². The quantitative estimate of drug-likeness (QED) is 0.726. The van der Waals surface area contributed by atoms with Crippen LogP contribution in [0.3, 0.4) is 0 Å². The summed E-state index contributed by atoms with van der Waals surface area (Å²) < 4.78 is 5.59. The lowest BCUT2D eigenvalue weighted by atomic mass is 10.1. The number of ether oxygens (including phenoxy) is 1. The Kier molecular flexibility index (Phi) is 7.24. The highest BCUT2D eigenvalue weighted by atomic mass is 16.6. The normalized spacial score (nSPS) is 14.4. The van der Waals surface area contributed by atoms with Gasteiger partial charge in [0.1, 0.15) is 5.60 Å². The Morgan fingerprint density at radius 1 is 1.25 bits per heavy atom. The Morgan fingerprint density at radius 3 is 2.46 bits per heavy atom. The van der Waals surface area contributed by atoms with Crippen molar-refractivity contribution >= 4 is 17.7 Å². The van der Waals surface area contributed by atoms with E-state index in [1.807, 2.05) is 71.0 Å². The molecule has 1 aromatic rings. The summed E-state index contributed by atoms with van der Waals surface area (Å²) in [6.45, 7) is 8.78. The van der Waals surface area contributed by atoms with Crippen LogP contribution in [0.25, 0.3) is 0 Å². The van der Waals surface area contributed by atoms with Gasteiger partial charge in [-0.2, -0.15) is 0 Å². The molecule has 0 aromatic heterocycles. The monoisotopic (exact) mass is 387 g/mol. The molecule has 1 aromatic carbocycles. The number of hydrogen-bond donors (Lipinski definition) is 1. The number of anilines is 1. The number of likely N-dealkylation sites (N-methyl/N-ethyl adjacent to an activating group) is 1. The fraction of sp³-hybridized carbons (Fsp3) is 0.545. The summed E-state index contributed by atoms with van der Waals surface area (Å²) in [5, 5.41) is 2.89. The van der Waals surface area contributed by atoms with Crippen LogP contribution in [0.5, 0.6) is 0 Å². The standard InChI is InChI=1S/C22H33N3O3/c1-16-14-17(15-23-20(26)8-7-13-24(5)6)9-12-19(16)25(18-10-11-18)21(27)28-22(2,3)4/h7-9,12,14,18H,10-11,13,15H2,1-6H3,(H,23,26)/b8-7+. The highest BCUT2D eigenvalue weighted by Gasteiger charge is 2.37. The molecule has 0 atom stereocenters. The number of hydrogen-bond acceptors (Lipinski definition) is 4. The van der Waals surface area contributed by atoms with Gasteiger partial charge in [-0.15, -0.1) is 0 Å². The van der Waals surface area contributed by atoms with Gasteiger partial charge in [-0.05, 0) is 71.8 Å². The van der Waals surface area contributed by atoms with Crippen molar-refractivity contribution < 1.29 is 14.3 Å². The molecular weight excluding hydrogens is 354 g/mol. The average Bonchev–Trinajstić information content (AvgIpc) is 3.38. The van der Waals surface area contributed by atoms with Crippen LogP contribution in [0.1, 0.15) is 44.7 Å². The zero-order valence-corrected chi connectivity index (χ0v) is 17.9. The van der Waals surface area contributed by atoms with E-state index in [2.05, 4.69) is 5.32 Å². The van der Waals surface area contributed by atoms with Crippen molar-refractivity contribution in [3.63, 3.8) is 0 Å². The molecule has 2 rings (SSSR count). The third-order valence-corrected chi connectivity index (χ3v) is 4.23. The number of nitrogens with one attached hydrogen (secondary N) is 1. The largest absolute Gasteiger partial charge is 0.443 e. The Hall–Kier alpha value is -2.34. The molecule has 154 valence electrons. The molecule has 0 spiro atoms. The SMILES string of the molecule is Cc1cc(CNC(=O)/C=C/CN(C)C)ccc1N(C(=O)OC(C)(C)C)C1CC1. The van der Waals surface area contributed by atoms with Crippen LogP contribution in [0.15, 0.2) is 30.4 Å². The van der Waals surface area contributed by atoms with Crippen molar-refractivity contribution in [2.24, 2.45) is 0 Å². The van der Waals surface area contributed by atoms with Crippen LogP contribution in [0, 0.1) is 6.92 Å². The molecule has 6 heteroatoms. The second-order valence-electron chi connectivity index (χ2n) is 8.58. The van der Waals surface area contributed by atoms with Gasteiger partial charge < -0.3 is 15.0 Å². The zero-order valence-electron chi connectivity index (χ0n) is 17.9. The molecule has 1 aliphatic rings. The van der Waals surface area contributed by atoms with Gasteiger partial charge in [-0.25, -0.2) is 4.79 Å². The lowest BCUT2D eigenvalue weighted by Crippen LogP contribution is -2.38. The van der Waals surface area contributed by atoms with Crippen molar-refractivity contribution in [3.05, 3.63) is 41.5 Å². The maximum absolute atomic E-state index is 12.7. The van der Waals surface area contributed by atoms with Gasteiger partial charge in [0.2, 0.25) is 5.91 Å². The Labute approximate surface area is 168 Å². The van der Waals surface area contributed by atoms with Crippen molar-refractivity contribution in [1.82, 2.24) is 10.2 Å². The topological polar surface area (TPSA) is 61.9 Å². The minimum atomic E-state index is -0.525. The Morgan fingerprint density at radius 2 is 1.93 bits per heavy atom. The maximum Gasteiger partial charge on any atom is 0.415 e. The minimum Gasteiger partial charge on any atom is -0.443 e. The summed E-state index contributed by atoms with van der Waals surface area (Å²) in [5.74, 6) is -0.114. The summed E-state index contributed by atoms with van der Waals surface area (Å²) in [7, 11) is 3.91. The smallest absolute Gasteiger partial charge is 0.415 e. The van der Waals surface area contributed by atoms with Gasteiger partial charge in [-0.3, -0.25) is 9.69 Å². The second-order valence-corrected chi connectivity index (χ2v) is 8.58. The summed E-state index contributed by atoms with van der Waals surface area (Å²) >= 11 is 0. The van der Waals surface area contributed by atoms with E-state index in [-0.39, 0.29) is 18.0 Å². The minimum absolute atomic E-state index is 0.114. The van der Waals surface area contributed by atoms with Gasteiger partial charge in [0.05, 0.1) is 5.69 Å². The summed E-state index contributed by atoms with van der Waals surface area (Å²) in [4.78, 5) is 28.3. The molecule has 6 nitrogen and oxygen atoms in total. The molecule has 2 amide bonds. The first-order valence-corrected chi connectivity index (χ1v) is 9.77. The summed E-state index contributed by atoms with van der Waals surface area (Å²) in [5.41, 5.74) is 2.34. The predicted molar refractivity (Wildman–Crippen MR) is 112 cm³/mol. The van der Waals surface area contributed by atoms with Crippen LogP contribution in [-0.4, -0.2) is 49.2 Å². The molecule has 0 radical (unpaired) electrons. The highest BCUT2D eigenvalue weighted by Crippen LogP contribution is 2.35. The Balaban J connectivity index is 2.03. The predicted octanol–water partition coefficient (Wildman–Crippen LogP) is 3.63. The van der Waals surface area contributed by atoms with Crippen LogP contribution < -0.4 is 10.2 Å². The van der Waals surface area contributed by atoms with Crippen LogP contribution >= 0.6 is 0 Å². The van der Waals surface area contributed by atoms with Crippen molar-refractivity contribution in [3.8, 4) is 0 Å². The second kappa shape index (κ2) is 9.24. The molecule has 28 heavy (non-hydrogen) atoms. The van der Waals surface area contributed by atoms with E-state index in [0.29, 0.717) is 6.54 Å². The molecule has 1 fully saturated rings. The number of carbonyl (C=O) groups excluding carboxylic acids is 2. The zero-order chi connectivity index (χ0) is 20.9. The number of benzene rings is 1. The van der Waals surface area contributed by atoms with E-state index in [1.165, 1.54) is 0 Å². The molecule has 0 saturated heterocycles. The van der Waals surface area contributed by atoms with Gasteiger partial charge in [-0.1, -0.05) is 18.2 Å². The molecule has 1 aliphatic carbocycles. The fourth-order valence-corrected chi connectivity index (χ4v) is 2.80. The van der Waals surface area contributed by atoms with Crippen molar-refractivity contribution in [1.29, 1.82) is 0 Å². The molecular formula is C22H33N3O3. The number of carbonyl (C=O) groups is 2. The van der Waals surface area contributed by atoms with E-state index in [0.717, 1.165) is 36.2 Å². The fourth-order valence-electron chi connectivity index (χ4n) is 2.80. The molecule has 0 bridgehead atoms. The highest BCUT2D eigenvalue weighted by molar-refractivity contribution is 5.90. The van der Waals surface area contributed by atoms with E-state index in [1.54, 1.807) is 11.0 Å². The van der Waals surface area contributed by atoms with E-state index >= 15 is 0 Å². The molecule has 0 heterocycles. The maximum atomic E-state index is 12.7. The summed E-state index contributed by atoms with van der Waals surface area (Å²) in [6.07, 6.45) is 5.08. The lowest BCUT2D eigenvalue weighted by Gasteiger charge is -2.28. The van der Waals surface area contributed by atoms with Gasteiger partial charge in [0, 0.05) is 25.2 Å². The van der Waals surface area contributed by atoms with Crippen LogP contribution in [0.2, 0.25) is 0 Å². The molecule has 1 saturated carbocycles. The van der Waals surface area contributed by atoms with Crippen molar-refractivity contribution in [2.75, 3.05) is 25.5 Å². The first-order valence-electron chi connectivity index (χ1n) is 9.77. The van der Waals surface area contributed by atoms with E-state index in [9.17, 15) is 9.59 Å². The number of amides is 2. The molecule has 1 N–H and O–H groups in total. The average molecular weight is 388 g/mol. The third-order valence-electron chi connectivity index (χ3n) is 4.23. The Bertz CT molecular complexity index is 731. The van der Waals surface area contributed by atoms with Gasteiger partial charge in [0.15, 0.2) is 0 Å². The van der Waals surface area contributed by atoms with Crippen LogP contribution in [0.4, 0.5) is 10.5 Å². The van der Waals surface area contributed by atoms with Gasteiger partial charge in [0.25, 0.3) is 0 Å². The summed E-state index contributed by atoms with van der Waals surface area (Å²) in [6, 6.07) is 6.12. The van der Waals surface area contributed by atoms with Crippen molar-refractivity contribution in [2.45, 2.75) is 58.7 Å². The first-order chi connectivity index (χ1) is 13.1. The number of rotatable bonds is 7. The number of aryl methyl sites for hydroxylation is 1. The van der Waals surface area contributed by atoms with E-state index in [4.69, 9.17) is 4.74 Å². The molecule has 0 unspecified atom stereocenters. The van der Waals surface area contributed by atoms with Crippen LogP contribution in [-0.2, 0) is 16.1 Å². The molecule has 0 aliphatic heterocycles. The number of nitrogens with zero attached hydrogens (tertiary/aromatic N) is 2. The lowest BCUT2D eigenvalue weighted by molar-refractivity contribution is -0.116.